The number of aromatic nitrogens is 3. The molecule has 0 atom stereocenters. The number of rotatable bonds is 4. The minimum Gasteiger partial charge on any atom is -0.352 e. The lowest BCUT2D eigenvalue weighted by molar-refractivity contribution is 0.0953. The van der Waals surface area contributed by atoms with Gasteiger partial charge in [0.15, 0.2) is 0 Å². The van der Waals surface area contributed by atoms with Crippen LogP contribution in [-0.4, -0.2) is 33.9 Å². The van der Waals surface area contributed by atoms with Crippen molar-refractivity contribution in [2.24, 2.45) is 5.73 Å². The standard InChI is InChI=1S/C14H15N5O/c15-4-1-2-11-8-12(10-16-9-11)14(20)19-5-3-13-17-6-7-18-13/h6-10H,3-5,15H2,(H,17,18)(H,19,20). The molecule has 0 aliphatic carbocycles. The molecule has 0 fully saturated rings. The highest BCUT2D eigenvalue weighted by Crippen LogP contribution is 2.01. The summed E-state index contributed by atoms with van der Waals surface area (Å²) in [5.74, 6) is 6.23. The molecule has 2 rings (SSSR count). The molecule has 6 nitrogen and oxygen atoms in total. The first-order chi connectivity index (χ1) is 9.79. The maximum Gasteiger partial charge on any atom is 0.252 e. The van der Waals surface area contributed by atoms with E-state index in [0.29, 0.717) is 24.1 Å². The maximum atomic E-state index is 11.9. The number of imidazole rings is 1. The molecule has 0 radical (unpaired) electrons. The van der Waals surface area contributed by atoms with Gasteiger partial charge in [-0.3, -0.25) is 9.78 Å². The number of aromatic amines is 1. The number of nitrogens with zero attached hydrogens (tertiary/aromatic N) is 2. The third-order valence-electron chi connectivity index (χ3n) is 2.54. The van der Waals surface area contributed by atoms with E-state index in [2.05, 4.69) is 32.1 Å². The maximum absolute atomic E-state index is 11.9. The van der Waals surface area contributed by atoms with Crippen molar-refractivity contribution in [3.05, 3.63) is 47.8 Å². The Balaban J connectivity index is 1.91. The lowest BCUT2D eigenvalue weighted by Crippen LogP contribution is -2.26. The van der Waals surface area contributed by atoms with Crippen molar-refractivity contribution in [2.75, 3.05) is 13.1 Å². The van der Waals surface area contributed by atoms with Gasteiger partial charge in [-0.15, -0.1) is 0 Å². The molecule has 0 saturated heterocycles. The van der Waals surface area contributed by atoms with Gasteiger partial charge in [0.25, 0.3) is 5.91 Å². The smallest absolute Gasteiger partial charge is 0.252 e. The number of H-pyrrole nitrogens is 1. The van der Waals surface area contributed by atoms with Crippen molar-refractivity contribution >= 4 is 5.91 Å². The molecule has 6 heteroatoms. The molecule has 2 heterocycles. The summed E-state index contributed by atoms with van der Waals surface area (Å²) in [4.78, 5) is 23.0. The molecule has 0 aliphatic heterocycles. The highest BCUT2D eigenvalue weighted by Gasteiger charge is 2.06. The highest BCUT2D eigenvalue weighted by molar-refractivity contribution is 5.94. The number of carbonyl (C=O) groups excluding carboxylic acids is 1. The van der Waals surface area contributed by atoms with Gasteiger partial charge in [-0.05, 0) is 6.07 Å². The van der Waals surface area contributed by atoms with Crippen molar-refractivity contribution in [2.45, 2.75) is 6.42 Å². The summed E-state index contributed by atoms with van der Waals surface area (Å²) >= 11 is 0. The second-order valence-electron chi connectivity index (χ2n) is 4.01. The third-order valence-corrected chi connectivity index (χ3v) is 2.54. The van der Waals surface area contributed by atoms with Crippen LogP contribution in [0.15, 0.2) is 30.9 Å². The molecule has 2 aromatic heterocycles. The van der Waals surface area contributed by atoms with Crippen LogP contribution in [0, 0.1) is 11.8 Å². The zero-order valence-electron chi connectivity index (χ0n) is 10.9. The number of nitrogens with one attached hydrogen (secondary N) is 2. The minimum atomic E-state index is -0.180. The minimum absolute atomic E-state index is 0.180. The Morgan fingerprint density at radius 3 is 3.10 bits per heavy atom. The largest absolute Gasteiger partial charge is 0.352 e. The van der Waals surface area contributed by atoms with E-state index in [-0.39, 0.29) is 12.5 Å². The van der Waals surface area contributed by atoms with E-state index < -0.39 is 0 Å². The summed E-state index contributed by atoms with van der Waals surface area (Å²) in [6.45, 7) is 0.782. The molecule has 0 unspecified atom stereocenters. The normalized spacial score (nSPS) is 9.65. The van der Waals surface area contributed by atoms with E-state index in [1.54, 1.807) is 24.7 Å². The molecule has 102 valence electrons. The van der Waals surface area contributed by atoms with Gasteiger partial charge in [-0.25, -0.2) is 4.98 Å². The van der Waals surface area contributed by atoms with E-state index in [0.717, 1.165) is 5.82 Å². The second-order valence-corrected chi connectivity index (χ2v) is 4.01. The van der Waals surface area contributed by atoms with Gasteiger partial charge in [-0.1, -0.05) is 11.8 Å². The highest BCUT2D eigenvalue weighted by atomic mass is 16.1. The predicted molar refractivity (Wildman–Crippen MR) is 74.8 cm³/mol. The first-order valence-electron chi connectivity index (χ1n) is 6.20. The van der Waals surface area contributed by atoms with Gasteiger partial charge in [0.2, 0.25) is 0 Å². The molecule has 0 aromatic carbocycles. The number of nitrogens with two attached hydrogens (primary N) is 1. The van der Waals surface area contributed by atoms with Crippen LogP contribution in [0.2, 0.25) is 0 Å². The van der Waals surface area contributed by atoms with Gasteiger partial charge in [0.05, 0.1) is 12.1 Å². The van der Waals surface area contributed by atoms with Gasteiger partial charge < -0.3 is 16.0 Å². The van der Waals surface area contributed by atoms with Gasteiger partial charge in [-0.2, -0.15) is 0 Å². The van der Waals surface area contributed by atoms with Crippen molar-refractivity contribution < 1.29 is 4.79 Å². The molecular weight excluding hydrogens is 254 g/mol. The summed E-state index contributed by atoms with van der Waals surface area (Å²) in [6, 6.07) is 1.69. The Morgan fingerprint density at radius 2 is 2.35 bits per heavy atom. The Kier molecular flexibility index (Phi) is 4.87. The first kappa shape index (κ1) is 13.8. The number of amides is 1. The van der Waals surface area contributed by atoms with Gasteiger partial charge >= 0.3 is 0 Å². The average Bonchev–Trinajstić information content (AvgIpc) is 2.98. The van der Waals surface area contributed by atoms with Crippen molar-refractivity contribution in [3.63, 3.8) is 0 Å². The van der Waals surface area contributed by atoms with Crippen LogP contribution < -0.4 is 11.1 Å². The summed E-state index contributed by atoms with van der Waals surface area (Å²) in [6.07, 6.45) is 7.19. The summed E-state index contributed by atoms with van der Waals surface area (Å²) in [5, 5.41) is 2.81. The summed E-state index contributed by atoms with van der Waals surface area (Å²) < 4.78 is 0. The van der Waals surface area contributed by atoms with E-state index in [1.165, 1.54) is 6.20 Å². The lowest BCUT2D eigenvalue weighted by atomic mass is 10.2. The van der Waals surface area contributed by atoms with Crippen LogP contribution in [-0.2, 0) is 6.42 Å². The summed E-state index contributed by atoms with van der Waals surface area (Å²) in [5.41, 5.74) is 6.46. The molecule has 0 bridgehead atoms. The molecule has 0 spiro atoms. The van der Waals surface area contributed by atoms with E-state index in [1.807, 2.05) is 0 Å². The third kappa shape index (κ3) is 3.93. The Bertz CT molecular complexity index is 625. The Labute approximate surface area is 116 Å². The van der Waals surface area contributed by atoms with Crippen molar-refractivity contribution in [1.82, 2.24) is 20.3 Å². The van der Waals surface area contributed by atoms with E-state index in [4.69, 9.17) is 5.73 Å². The first-order valence-corrected chi connectivity index (χ1v) is 6.20. The van der Waals surface area contributed by atoms with E-state index in [9.17, 15) is 4.79 Å². The van der Waals surface area contributed by atoms with Crippen LogP contribution in [0.1, 0.15) is 21.7 Å². The van der Waals surface area contributed by atoms with Crippen molar-refractivity contribution in [1.29, 1.82) is 0 Å². The Morgan fingerprint density at radius 1 is 1.45 bits per heavy atom. The zero-order valence-corrected chi connectivity index (χ0v) is 10.9. The fraction of sp³-hybridized carbons (Fsp3) is 0.214. The molecule has 20 heavy (non-hydrogen) atoms. The number of hydrogen-bond donors (Lipinski definition) is 3. The number of carbonyl (C=O) groups is 1. The molecule has 1 amide bonds. The Hall–Kier alpha value is -2.65. The van der Waals surface area contributed by atoms with Crippen LogP contribution in [0.25, 0.3) is 0 Å². The van der Waals surface area contributed by atoms with Crippen LogP contribution in [0.5, 0.6) is 0 Å². The van der Waals surface area contributed by atoms with Crippen LogP contribution in [0.3, 0.4) is 0 Å². The topological polar surface area (TPSA) is 96.7 Å². The molecular formula is C14H15N5O. The summed E-state index contributed by atoms with van der Waals surface area (Å²) in [7, 11) is 0. The zero-order chi connectivity index (χ0) is 14.2. The van der Waals surface area contributed by atoms with Gasteiger partial charge in [0, 0.05) is 43.3 Å². The second kappa shape index (κ2) is 7.07. The van der Waals surface area contributed by atoms with E-state index >= 15 is 0 Å². The molecule has 4 N–H and O–H groups in total. The quantitative estimate of drug-likeness (QED) is 0.685. The monoisotopic (exact) mass is 269 g/mol. The van der Waals surface area contributed by atoms with Crippen molar-refractivity contribution in [3.8, 4) is 11.8 Å². The fourth-order valence-corrected chi connectivity index (χ4v) is 1.62. The fourth-order valence-electron chi connectivity index (χ4n) is 1.62. The molecule has 2 aromatic rings. The lowest BCUT2D eigenvalue weighted by Gasteiger charge is -2.04. The number of hydrogen-bond acceptors (Lipinski definition) is 4. The molecule has 0 aliphatic rings. The van der Waals surface area contributed by atoms with Gasteiger partial charge in [0.1, 0.15) is 5.82 Å². The predicted octanol–water partition coefficient (Wildman–Crippen LogP) is 0.0874. The molecule has 0 saturated carbocycles. The number of pyridine rings is 1. The van der Waals surface area contributed by atoms with Crippen LogP contribution in [0.4, 0.5) is 0 Å². The SMILES string of the molecule is NCC#Cc1cncc(C(=O)NCCc2ncc[nH]2)c1. The average molecular weight is 269 g/mol. The van der Waals surface area contributed by atoms with Crippen LogP contribution >= 0.6 is 0 Å².